The smallest absolute Gasteiger partial charge is 0.270 e. The highest BCUT2D eigenvalue weighted by Crippen LogP contribution is 2.32. The molecule has 0 bridgehead atoms. The summed E-state index contributed by atoms with van der Waals surface area (Å²) in [7, 11) is 0. The van der Waals surface area contributed by atoms with E-state index in [1.165, 1.54) is 12.1 Å². The zero-order chi connectivity index (χ0) is 14.0. The third-order valence-corrected chi connectivity index (χ3v) is 3.37. The molecular formula is C12H15N3O4. The normalized spacial score (nSPS) is 16.5. The number of primary amides is 1. The first-order chi connectivity index (χ1) is 8.91. The SMILES string of the molecule is NC(=O)c1cc([N+](=O)[O-])ccc1NCC1(O)CCC1. The number of nitrogens with one attached hydrogen (secondary N) is 1. The first-order valence-electron chi connectivity index (χ1n) is 5.96. The molecule has 0 heterocycles. The third kappa shape index (κ3) is 2.82. The van der Waals surface area contributed by atoms with Crippen LogP contribution in [0.1, 0.15) is 29.6 Å². The number of nitrogens with zero attached hydrogens (tertiary/aromatic N) is 1. The molecule has 4 N–H and O–H groups in total. The molecule has 1 saturated carbocycles. The number of benzene rings is 1. The van der Waals surface area contributed by atoms with Gasteiger partial charge in [-0.05, 0) is 25.3 Å². The van der Waals surface area contributed by atoms with E-state index in [4.69, 9.17) is 5.73 Å². The van der Waals surface area contributed by atoms with E-state index in [0.717, 1.165) is 12.5 Å². The molecule has 1 aliphatic rings. The maximum Gasteiger partial charge on any atom is 0.270 e. The van der Waals surface area contributed by atoms with E-state index in [2.05, 4.69) is 5.32 Å². The number of nitrogens with two attached hydrogens (primary N) is 1. The summed E-state index contributed by atoms with van der Waals surface area (Å²) >= 11 is 0. The van der Waals surface area contributed by atoms with Crippen molar-refractivity contribution in [3.8, 4) is 0 Å². The zero-order valence-corrected chi connectivity index (χ0v) is 10.3. The van der Waals surface area contributed by atoms with Crippen molar-refractivity contribution in [2.24, 2.45) is 5.73 Å². The number of non-ortho nitro benzene ring substituents is 1. The van der Waals surface area contributed by atoms with Gasteiger partial charge in [-0.15, -0.1) is 0 Å². The molecule has 0 aromatic heterocycles. The van der Waals surface area contributed by atoms with Gasteiger partial charge < -0.3 is 16.2 Å². The van der Waals surface area contributed by atoms with E-state index >= 15 is 0 Å². The summed E-state index contributed by atoms with van der Waals surface area (Å²) in [5.74, 6) is -0.744. The molecule has 0 spiro atoms. The molecule has 1 aliphatic carbocycles. The second-order valence-corrected chi connectivity index (χ2v) is 4.78. The molecule has 1 aromatic carbocycles. The lowest BCUT2D eigenvalue weighted by atomic mass is 9.80. The van der Waals surface area contributed by atoms with Crippen LogP contribution in [0.25, 0.3) is 0 Å². The fourth-order valence-corrected chi connectivity index (χ4v) is 2.03. The first kappa shape index (κ1) is 13.3. The maximum atomic E-state index is 11.3. The van der Waals surface area contributed by atoms with Crippen LogP contribution in [0.2, 0.25) is 0 Å². The molecule has 7 nitrogen and oxygen atoms in total. The predicted octanol–water partition coefficient (Wildman–Crippen LogP) is 1.02. The summed E-state index contributed by atoms with van der Waals surface area (Å²) in [6.07, 6.45) is 2.39. The molecule has 0 atom stereocenters. The molecule has 0 unspecified atom stereocenters. The summed E-state index contributed by atoms with van der Waals surface area (Å²) in [6, 6.07) is 3.86. The Morgan fingerprint density at radius 3 is 2.68 bits per heavy atom. The van der Waals surface area contributed by atoms with Crippen molar-refractivity contribution in [2.75, 3.05) is 11.9 Å². The molecule has 1 aromatic rings. The minimum atomic E-state index is -0.753. The van der Waals surface area contributed by atoms with Crippen LogP contribution >= 0.6 is 0 Å². The number of nitro groups is 1. The fourth-order valence-electron chi connectivity index (χ4n) is 2.03. The van der Waals surface area contributed by atoms with Gasteiger partial charge in [0.1, 0.15) is 0 Å². The highest BCUT2D eigenvalue weighted by Gasteiger charge is 2.34. The van der Waals surface area contributed by atoms with E-state index in [1.54, 1.807) is 0 Å². The Kier molecular flexibility index (Phi) is 3.39. The molecule has 7 heteroatoms. The van der Waals surface area contributed by atoms with E-state index < -0.39 is 16.4 Å². The van der Waals surface area contributed by atoms with Crippen LogP contribution in [0, 0.1) is 10.1 Å². The summed E-state index contributed by atoms with van der Waals surface area (Å²) in [6.45, 7) is 0.297. The highest BCUT2D eigenvalue weighted by atomic mass is 16.6. The highest BCUT2D eigenvalue weighted by molar-refractivity contribution is 5.99. The number of hydrogen-bond donors (Lipinski definition) is 3. The Morgan fingerprint density at radius 2 is 2.21 bits per heavy atom. The van der Waals surface area contributed by atoms with Crippen molar-refractivity contribution in [1.82, 2.24) is 0 Å². The standard InChI is InChI=1S/C12H15N3O4/c13-11(16)9-6-8(15(18)19)2-3-10(9)14-7-12(17)4-1-5-12/h2-3,6,14,17H,1,4-5,7H2,(H2,13,16). The van der Waals surface area contributed by atoms with E-state index in [-0.39, 0.29) is 11.3 Å². The number of anilines is 1. The molecule has 0 radical (unpaired) electrons. The minimum absolute atomic E-state index is 0.0529. The van der Waals surface area contributed by atoms with Crippen molar-refractivity contribution < 1.29 is 14.8 Å². The molecule has 2 rings (SSSR count). The van der Waals surface area contributed by atoms with Crippen molar-refractivity contribution >= 4 is 17.3 Å². The average Bonchev–Trinajstić information content (AvgIpc) is 2.33. The molecule has 102 valence electrons. The largest absolute Gasteiger partial charge is 0.388 e. The number of hydrogen-bond acceptors (Lipinski definition) is 5. The Labute approximate surface area is 109 Å². The summed E-state index contributed by atoms with van der Waals surface area (Å²) in [4.78, 5) is 21.4. The van der Waals surface area contributed by atoms with Gasteiger partial charge in [0.15, 0.2) is 0 Å². The Bertz CT molecular complexity index is 526. The topological polar surface area (TPSA) is 118 Å². The second-order valence-electron chi connectivity index (χ2n) is 4.78. The van der Waals surface area contributed by atoms with E-state index in [1.807, 2.05) is 0 Å². The predicted molar refractivity (Wildman–Crippen MR) is 68.9 cm³/mol. The lowest BCUT2D eigenvalue weighted by Crippen LogP contribution is -2.43. The number of carbonyl (C=O) groups is 1. The molecule has 1 amide bonds. The third-order valence-electron chi connectivity index (χ3n) is 3.37. The van der Waals surface area contributed by atoms with Crippen LogP contribution in [0.5, 0.6) is 0 Å². The number of rotatable bonds is 5. The fraction of sp³-hybridized carbons (Fsp3) is 0.417. The summed E-state index contributed by atoms with van der Waals surface area (Å²) in [5.41, 5.74) is 4.71. The lowest BCUT2D eigenvalue weighted by Gasteiger charge is -2.37. The number of carbonyl (C=O) groups excluding carboxylic acids is 1. The number of nitro benzene ring substituents is 1. The molecule has 19 heavy (non-hydrogen) atoms. The molecular weight excluding hydrogens is 250 g/mol. The van der Waals surface area contributed by atoms with Crippen LogP contribution in [0.15, 0.2) is 18.2 Å². The van der Waals surface area contributed by atoms with E-state index in [9.17, 15) is 20.0 Å². The van der Waals surface area contributed by atoms with Crippen molar-refractivity contribution in [3.05, 3.63) is 33.9 Å². The van der Waals surface area contributed by atoms with Crippen LogP contribution in [0.4, 0.5) is 11.4 Å². The second kappa shape index (κ2) is 4.85. The van der Waals surface area contributed by atoms with Gasteiger partial charge in [-0.25, -0.2) is 0 Å². The number of aliphatic hydroxyl groups is 1. The van der Waals surface area contributed by atoms with Crippen molar-refractivity contribution in [1.29, 1.82) is 0 Å². The average molecular weight is 265 g/mol. The lowest BCUT2D eigenvalue weighted by molar-refractivity contribution is -0.384. The van der Waals surface area contributed by atoms with Crippen LogP contribution < -0.4 is 11.1 Å². The molecule has 1 fully saturated rings. The number of amides is 1. The Hall–Kier alpha value is -2.15. The van der Waals surface area contributed by atoms with Crippen molar-refractivity contribution in [3.63, 3.8) is 0 Å². The van der Waals surface area contributed by atoms with E-state index in [0.29, 0.717) is 25.1 Å². The Morgan fingerprint density at radius 1 is 1.53 bits per heavy atom. The van der Waals surface area contributed by atoms with Gasteiger partial charge in [-0.2, -0.15) is 0 Å². The van der Waals surface area contributed by atoms with Gasteiger partial charge in [0.05, 0.1) is 16.1 Å². The van der Waals surface area contributed by atoms with Gasteiger partial charge in [0, 0.05) is 24.4 Å². The summed E-state index contributed by atoms with van der Waals surface area (Å²) < 4.78 is 0. The quantitative estimate of drug-likeness (QED) is 0.542. The monoisotopic (exact) mass is 265 g/mol. The zero-order valence-electron chi connectivity index (χ0n) is 10.3. The van der Waals surface area contributed by atoms with Crippen molar-refractivity contribution in [2.45, 2.75) is 24.9 Å². The van der Waals surface area contributed by atoms with Gasteiger partial charge >= 0.3 is 0 Å². The van der Waals surface area contributed by atoms with Crippen LogP contribution in [-0.4, -0.2) is 28.1 Å². The van der Waals surface area contributed by atoms with Gasteiger partial charge in [0.25, 0.3) is 11.6 Å². The minimum Gasteiger partial charge on any atom is -0.388 e. The molecule has 0 aliphatic heterocycles. The van der Waals surface area contributed by atoms with Gasteiger partial charge in [-0.1, -0.05) is 0 Å². The summed E-state index contributed by atoms with van der Waals surface area (Å²) in [5, 5.41) is 23.5. The van der Waals surface area contributed by atoms with Crippen LogP contribution in [0.3, 0.4) is 0 Å². The van der Waals surface area contributed by atoms with Gasteiger partial charge in [-0.3, -0.25) is 14.9 Å². The molecule has 0 saturated heterocycles. The Balaban J connectivity index is 2.19. The first-order valence-corrected chi connectivity index (χ1v) is 5.96. The maximum absolute atomic E-state index is 11.3. The van der Waals surface area contributed by atoms with Gasteiger partial charge in [0.2, 0.25) is 0 Å². The van der Waals surface area contributed by atoms with Crippen LogP contribution in [-0.2, 0) is 0 Å².